The predicted octanol–water partition coefficient (Wildman–Crippen LogP) is 2.02. The molecule has 4 aromatic carbocycles. The Morgan fingerprint density at radius 2 is 1.21 bits per heavy atom. The third kappa shape index (κ3) is 3.80. The predicted molar refractivity (Wildman–Crippen MR) is 102 cm³/mol. The smallest absolute Gasteiger partial charge is 0.744 e. The minimum Gasteiger partial charge on any atom is -0.744 e. The zero-order chi connectivity index (χ0) is 19.0. The van der Waals surface area contributed by atoms with Gasteiger partial charge in [0.25, 0.3) is 0 Å². The van der Waals surface area contributed by atoms with Crippen LogP contribution in [0.3, 0.4) is 0 Å². The van der Waals surface area contributed by atoms with E-state index in [1.165, 1.54) is 12.1 Å². The summed E-state index contributed by atoms with van der Waals surface area (Å²) in [4.78, 5) is -0.454. The molecule has 4 aromatic rings. The molecule has 0 aliphatic rings. The van der Waals surface area contributed by atoms with E-state index < -0.39 is 15.0 Å². The van der Waals surface area contributed by atoms with Gasteiger partial charge in [-0.15, -0.1) is 10.2 Å². The summed E-state index contributed by atoms with van der Waals surface area (Å²) in [6.45, 7) is 0. The van der Waals surface area contributed by atoms with Crippen LogP contribution in [0.15, 0.2) is 87.9 Å². The average molecular weight is 400 g/mol. The van der Waals surface area contributed by atoms with Crippen molar-refractivity contribution in [2.75, 3.05) is 0 Å². The molecule has 0 unspecified atom stereocenters. The van der Waals surface area contributed by atoms with Gasteiger partial charge in [-0.2, -0.15) is 0 Å². The van der Waals surface area contributed by atoms with Gasteiger partial charge in [0.15, 0.2) is 0 Å². The number of aromatic hydroxyl groups is 1. The summed E-state index contributed by atoms with van der Waals surface area (Å²) in [6, 6.07) is 20.3. The second-order valence-electron chi connectivity index (χ2n) is 5.94. The summed E-state index contributed by atoms with van der Waals surface area (Å²) < 4.78 is 35.0. The molecule has 0 aliphatic carbocycles. The Labute approximate surface area is 183 Å². The minimum absolute atomic E-state index is 0. The molecule has 0 bridgehead atoms. The maximum absolute atomic E-state index is 11.7. The average Bonchev–Trinajstić information content (AvgIpc) is 2.66. The van der Waals surface area contributed by atoms with Crippen LogP contribution in [0.2, 0.25) is 0 Å². The van der Waals surface area contributed by atoms with E-state index in [2.05, 4.69) is 10.2 Å². The molecule has 134 valence electrons. The molecule has 0 fully saturated rings. The second-order valence-corrected chi connectivity index (χ2v) is 7.29. The van der Waals surface area contributed by atoms with Gasteiger partial charge in [-0.1, -0.05) is 60.7 Å². The number of fused-ring (bicyclic) bond motifs is 2. The van der Waals surface area contributed by atoms with Crippen molar-refractivity contribution >= 4 is 43.0 Å². The van der Waals surface area contributed by atoms with Gasteiger partial charge in [0.1, 0.15) is 27.2 Å². The fourth-order valence-electron chi connectivity index (χ4n) is 2.99. The van der Waals surface area contributed by atoms with Crippen LogP contribution in [0.5, 0.6) is 5.75 Å². The number of benzene rings is 4. The molecule has 0 atom stereocenters. The molecule has 0 spiro atoms. The van der Waals surface area contributed by atoms with Crippen molar-refractivity contribution in [3.63, 3.8) is 0 Å². The first-order chi connectivity index (χ1) is 12.9. The number of phenols is 1. The molecular weight excluding hydrogens is 387 g/mol. The first kappa shape index (κ1) is 20.4. The van der Waals surface area contributed by atoms with Gasteiger partial charge in [-0.05, 0) is 22.9 Å². The van der Waals surface area contributed by atoms with Crippen LogP contribution in [0, 0.1) is 0 Å². The summed E-state index contributed by atoms with van der Waals surface area (Å²) >= 11 is 0. The van der Waals surface area contributed by atoms with Gasteiger partial charge < -0.3 is 9.66 Å². The number of nitrogens with zero attached hydrogens (tertiary/aromatic N) is 2. The zero-order valence-electron chi connectivity index (χ0n) is 14.9. The number of phenolic OH excluding ortho intramolecular Hbond substituents is 1. The topological polar surface area (TPSA) is 102 Å². The number of hydrogen-bond donors (Lipinski definition) is 1. The van der Waals surface area contributed by atoms with Crippen LogP contribution in [0.1, 0.15) is 0 Å². The van der Waals surface area contributed by atoms with Crippen LogP contribution in [-0.4, -0.2) is 18.1 Å². The molecule has 0 saturated carbocycles. The van der Waals surface area contributed by atoms with Gasteiger partial charge in [0.05, 0.1) is 4.90 Å². The van der Waals surface area contributed by atoms with E-state index >= 15 is 0 Å². The summed E-state index contributed by atoms with van der Waals surface area (Å²) in [5.41, 5.74) is 0.158. The Morgan fingerprint density at radius 3 is 1.82 bits per heavy atom. The second kappa shape index (κ2) is 7.98. The summed E-state index contributed by atoms with van der Waals surface area (Å²) in [5.74, 6) is -0.0933. The van der Waals surface area contributed by atoms with Gasteiger partial charge in [-0.25, -0.2) is 8.42 Å². The number of hydrogen-bond acceptors (Lipinski definition) is 6. The largest absolute Gasteiger partial charge is 1.00 e. The molecule has 28 heavy (non-hydrogen) atoms. The Bertz CT molecular complexity index is 1320. The van der Waals surface area contributed by atoms with Crippen LogP contribution in [-0.2, 0) is 10.1 Å². The van der Waals surface area contributed by atoms with Gasteiger partial charge in [0.2, 0.25) is 0 Å². The van der Waals surface area contributed by atoms with Crippen molar-refractivity contribution in [2.45, 2.75) is 4.90 Å². The number of rotatable bonds is 3. The molecule has 0 saturated heterocycles. The van der Waals surface area contributed by atoms with E-state index in [1.807, 2.05) is 12.1 Å². The molecule has 0 heterocycles. The van der Waals surface area contributed by atoms with Gasteiger partial charge >= 0.3 is 29.6 Å². The van der Waals surface area contributed by atoms with Crippen molar-refractivity contribution < 1.29 is 47.6 Å². The maximum Gasteiger partial charge on any atom is 1.00 e. The normalized spacial score (nSPS) is 11.8. The first-order valence-electron chi connectivity index (χ1n) is 8.05. The van der Waals surface area contributed by atoms with E-state index in [-0.39, 0.29) is 46.7 Å². The van der Waals surface area contributed by atoms with Gasteiger partial charge in [-0.3, -0.25) is 0 Å². The third-order valence-corrected chi connectivity index (χ3v) is 5.13. The van der Waals surface area contributed by atoms with E-state index in [0.717, 1.165) is 10.8 Å². The van der Waals surface area contributed by atoms with Crippen LogP contribution in [0.4, 0.5) is 11.4 Å². The summed E-state index contributed by atoms with van der Waals surface area (Å²) in [6.07, 6.45) is 0. The quantitative estimate of drug-likeness (QED) is 0.323. The van der Waals surface area contributed by atoms with Crippen LogP contribution >= 0.6 is 0 Å². The SMILES string of the molecule is O=S(=O)([O-])c1ccc2ccccc2c1N=Nc1c(O)ccc2ccccc12.[Na+]. The molecule has 1 N–H and O–H groups in total. The molecule has 0 radical (unpaired) electrons. The van der Waals surface area contributed by atoms with Crippen molar-refractivity contribution in [3.05, 3.63) is 72.8 Å². The Hall–Kier alpha value is -2.29. The van der Waals surface area contributed by atoms with Crippen molar-refractivity contribution in [2.24, 2.45) is 10.2 Å². The third-order valence-electron chi connectivity index (χ3n) is 4.26. The van der Waals surface area contributed by atoms with Crippen molar-refractivity contribution in [1.82, 2.24) is 0 Å². The molecule has 0 amide bonds. The Morgan fingerprint density at radius 1 is 0.714 bits per heavy atom. The fraction of sp³-hybridized carbons (Fsp3) is 0. The zero-order valence-corrected chi connectivity index (χ0v) is 17.7. The Kier molecular flexibility index (Phi) is 5.83. The molecular formula is C20H13N2NaO4S. The first-order valence-corrected chi connectivity index (χ1v) is 9.46. The monoisotopic (exact) mass is 400 g/mol. The van der Waals surface area contributed by atoms with Gasteiger partial charge in [0, 0.05) is 10.8 Å². The van der Waals surface area contributed by atoms with Crippen LogP contribution in [0.25, 0.3) is 21.5 Å². The van der Waals surface area contributed by atoms with E-state index in [1.54, 1.807) is 48.5 Å². The molecule has 8 heteroatoms. The van der Waals surface area contributed by atoms with Crippen molar-refractivity contribution in [1.29, 1.82) is 0 Å². The molecule has 4 rings (SSSR count). The van der Waals surface area contributed by atoms with Crippen LogP contribution < -0.4 is 29.6 Å². The molecule has 0 aromatic heterocycles. The van der Waals surface area contributed by atoms with E-state index in [4.69, 9.17) is 0 Å². The summed E-state index contributed by atoms with van der Waals surface area (Å²) in [7, 11) is -4.75. The van der Waals surface area contributed by atoms with Crippen molar-refractivity contribution in [3.8, 4) is 5.75 Å². The molecule has 6 nitrogen and oxygen atoms in total. The standard InChI is InChI=1S/C20H14N2O4S.Na/c23-17-11-9-13-5-1-3-7-15(13)19(17)21-22-20-16-8-4-2-6-14(16)10-12-18(20)27(24,25)26;/h1-12,23H,(H,24,25,26);/q;+1/p-1. The minimum atomic E-state index is -4.75. The fourth-order valence-corrected chi connectivity index (χ4v) is 3.61. The summed E-state index contributed by atoms with van der Waals surface area (Å²) in [5, 5.41) is 21.1. The Balaban J connectivity index is 0.00000225. The maximum atomic E-state index is 11.7. The number of azo groups is 1. The molecule has 0 aliphatic heterocycles. The van der Waals surface area contributed by atoms with E-state index in [9.17, 15) is 18.1 Å². The van der Waals surface area contributed by atoms with E-state index in [0.29, 0.717) is 10.8 Å².